The summed E-state index contributed by atoms with van der Waals surface area (Å²) >= 11 is 0. The van der Waals surface area contributed by atoms with Crippen molar-refractivity contribution in [1.82, 2.24) is 9.21 Å². The van der Waals surface area contributed by atoms with Gasteiger partial charge in [-0.05, 0) is 68.4 Å². The highest BCUT2D eigenvalue weighted by Gasteiger charge is 2.33. The zero-order chi connectivity index (χ0) is 32.0. The predicted octanol–water partition coefficient (Wildman–Crippen LogP) is 4.12. The fourth-order valence-corrected chi connectivity index (χ4v) is 6.12. The number of carbonyl (C=O) groups excluding carboxylic acids is 2. The van der Waals surface area contributed by atoms with E-state index in [1.54, 1.807) is 85.7 Å². The Morgan fingerprint density at radius 3 is 2.36 bits per heavy atom. The number of rotatable bonds is 9. The van der Waals surface area contributed by atoms with E-state index in [9.17, 15) is 23.1 Å². The van der Waals surface area contributed by atoms with E-state index in [0.29, 0.717) is 28.4 Å². The molecule has 1 aliphatic heterocycles. The number of anilines is 2. The number of aliphatic hydroxyl groups excluding tert-OH is 1. The second-order valence-electron chi connectivity index (χ2n) is 11.1. The Morgan fingerprint density at radius 1 is 1.09 bits per heavy atom. The van der Waals surface area contributed by atoms with Crippen LogP contribution in [0.1, 0.15) is 25.0 Å². The van der Waals surface area contributed by atoms with Crippen molar-refractivity contribution in [3.05, 3.63) is 77.9 Å². The summed E-state index contributed by atoms with van der Waals surface area (Å²) in [5, 5.41) is 15.4. The van der Waals surface area contributed by atoms with E-state index in [0.717, 1.165) is 5.56 Å². The van der Waals surface area contributed by atoms with Gasteiger partial charge < -0.3 is 30.1 Å². The first-order chi connectivity index (χ1) is 20.9. The molecule has 0 fully saturated rings. The van der Waals surface area contributed by atoms with Gasteiger partial charge in [0.2, 0.25) is 15.9 Å². The third-order valence-corrected chi connectivity index (χ3v) is 9.53. The number of hydrogen-bond acceptors (Lipinski definition) is 7. The first-order valence-electron chi connectivity index (χ1n) is 14.4. The molecular weight excluding hydrogens is 584 g/mol. The van der Waals surface area contributed by atoms with Crippen LogP contribution in [-0.2, 0) is 21.2 Å². The molecule has 4 rings (SSSR count). The van der Waals surface area contributed by atoms with Crippen LogP contribution in [0.15, 0.2) is 71.6 Å². The van der Waals surface area contributed by atoms with Crippen molar-refractivity contribution < 1.29 is 32.6 Å². The molecule has 236 valence electrons. The maximum absolute atomic E-state index is 13.5. The van der Waals surface area contributed by atoms with E-state index >= 15 is 0 Å². The number of sulfonamides is 1. The number of hydrogen-bond donors (Lipinski definition) is 3. The lowest BCUT2D eigenvalue weighted by Crippen LogP contribution is -2.48. The molecule has 3 aromatic rings. The Bertz CT molecular complexity index is 1560. The molecule has 0 spiro atoms. The maximum Gasteiger partial charge on any atom is 0.323 e. The van der Waals surface area contributed by atoms with Crippen LogP contribution < -0.4 is 20.1 Å². The maximum atomic E-state index is 13.5. The van der Waals surface area contributed by atoms with Gasteiger partial charge in [-0.25, -0.2) is 13.2 Å². The molecule has 3 amide bonds. The van der Waals surface area contributed by atoms with Crippen molar-refractivity contribution in [3.8, 4) is 11.5 Å². The van der Waals surface area contributed by atoms with Gasteiger partial charge in [-0.3, -0.25) is 4.79 Å². The summed E-state index contributed by atoms with van der Waals surface area (Å²) in [4.78, 5) is 28.0. The summed E-state index contributed by atoms with van der Waals surface area (Å²) in [5.74, 6) is 0.567. The molecule has 44 heavy (non-hydrogen) atoms. The lowest BCUT2D eigenvalue weighted by molar-refractivity contribution is -0.134. The number of nitrogens with zero attached hydrogens (tertiary/aromatic N) is 2. The summed E-state index contributed by atoms with van der Waals surface area (Å²) in [6.07, 6.45) is -0.665. The van der Waals surface area contributed by atoms with Crippen LogP contribution in [0.4, 0.5) is 16.2 Å². The van der Waals surface area contributed by atoms with Crippen LogP contribution in [0.3, 0.4) is 0 Å². The number of aliphatic hydroxyl groups is 1. The number of amides is 3. The van der Waals surface area contributed by atoms with E-state index in [1.807, 2.05) is 13.8 Å². The van der Waals surface area contributed by atoms with Crippen LogP contribution in [0, 0.1) is 12.8 Å². The molecule has 1 aliphatic rings. The minimum absolute atomic E-state index is 0.0244. The second-order valence-corrected chi connectivity index (χ2v) is 13.2. The van der Waals surface area contributed by atoms with Crippen LogP contribution >= 0.6 is 0 Å². The van der Waals surface area contributed by atoms with E-state index in [2.05, 4.69) is 10.6 Å². The Morgan fingerprint density at radius 2 is 1.73 bits per heavy atom. The lowest BCUT2D eigenvalue weighted by atomic mass is 10.0. The fraction of sp³-hybridized carbons (Fsp3) is 0.375. The molecule has 11 nitrogen and oxygen atoms in total. The van der Waals surface area contributed by atoms with Crippen molar-refractivity contribution >= 4 is 33.3 Å². The predicted molar refractivity (Wildman–Crippen MR) is 169 cm³/mol. The number of fused-ring (bicyclic) bond motifs is 1. The van der Waals surface area contributed by atoms with Gasteiger partial charge in [0, 0.05) is 36.4 Å². The molecule has 3 N–H and O–H groups in total. The Labute approximate surface area is 258 Å². The molecule has 0 aromatic heterocycles. The summed E-state index contributed by atoms with van der Waals surface area (Å²) in [6, 6.07) is 17.6. The molecule has 0 saturated heterocycles. The highest BCUT2D eigenvalue weighted by molar-refractivity contribution is 7.89. The van der Waals surface area contributed by atoms with Crippen molar-refractivity contribution in [2.45, 2.75) is 44.2 Å². The van der Waals surface area contributed by atoms with Crippen LogP contribution in [0.25, 0.3) is 0 Å². The van der Waals surface area contributed by atoms with E-state index in [4.69, 9.17) is 9.47 Å². The normalized spacial score (nSPS) is 17.9. The molecule has 12 heteroatoms. The molecule has 3 atom stereocenters. The second kappa shape index (κ2) is 14.1. The van der Waals surface area contributed by atoms with Crippen molar-refractivity contribution in [1.29, 1.82) is 0 Å². The topological polar surface area (TPSA) is 138 Å². The molecule has 0 saturated carbocycles. The molecule has 0 bridgehead atoms. The summed E-state index contributed by atoms with van der Waals surface area (Å²) in [7, 11) is -0.744. The average Bonchev–Trinajstić information content (AvgIpc) is 3.04. The summed E-state index contributed by atoms with van der Waals surface area (Å²) < 4.78 is 39.6. The number of ether oxygens (including phenoxy) is 2. The van der Waals surface area contributed by atoms with E-state index in [-0.39, 0.29) is 42.8 Å². The quantitative estimate of drug-likeness (QED) is 0.326. The largest absolute Gasteiger partial charge is 0.497 e. The minimum Gasteiger partial charge on any atom is -0.497 e. The highest BCUT2D eigenvalue weighted by Crippen LogP contribution is 2.30. The van der Waals surface area contributed by atoms with Gasteiger partial charge >= 0.3 is 6.03 Å². The molecular formula is C32H40N4O7S. The summed E-state index contributed by atoms with van der Waals surface area (Å²) in [5.41, 5.74) is 2.48. The number of nitrogens with one attached hydrogen (secondary N) is 2. The standard InChI is InChI=1S/C32H40N4O7S/c1-21-6-13-28(14-7-21)44(40,41)35(4)19-30-22(2)18-36(23(3)20-37)31(38)17-24-16-26(10-15-29(24)43-30)34-32(39)33-25-8-11-27(42-5)12-9-25/h6-16,22-23,30,37H,17-20H2,1-5H3,(H2,33,34,39)/t22-,23+,30+/m1/s1. The van der Waals surface area contributed by atoms with Gasteiger partial charge in [0.25, 0.3) is 0 Å². The molecule has 0 unspecified atom stereocenters. The Hall–Kier alpha value is -4.13. The third kappa shape index (κ3) is 7.87. The van der Waals surface area contributed by atoms with Gasteiger partial charge in [0.15, 0.2) is 0 Å². The van der Waals surface area contributed by atoms with Gasteiger partial charge in [-0.15, -0.1) is 0 Å². The van der Waals surface area contributed by atoms with Gasteiger partial charge in [-0.2, -0.15) is 4.31 Å². The van der Waals surface area contributed by atoms with Crippen molar-refractivity contribution in [3.63, 3.8) is 0 Å². The van der Waals surface area contributed by atoms with Gasteiger partial charge in [0.05, 0.1) is 37.6 Å². The minimum atomic E-state index is -3.81. The lowest BCUT2D eigenvalue weighted by Gasteiger charge is -2.33. The Kier molecular flexibility index (Phi) is 10.5. The Balaban J connectivity index is 1.60. The van der Waals surface area contributed by atoms with Crippen LogP contribution in [0.2, 0.25) is 0 Å². The van der Waals surface area contributed by atoms with Crippen molar-refractivity contribution in [2.24, 2.45) is 5.92 Å². The molecule has 0 aliphatic carbocycles. The van der Waals surface area contributed by atoms with Gasteiger partial charge in [0.1, 0.15) is 17.6 Å². The SMILES string of the molecule is COc1ccc(NC(=O)Nc2ccc3c(c2)CC(=O)N([C@@H](C)CO)C[C@@H](C)[C@H](CN(C)S(=O)(=O)c2ccc(C)cc2)O3)cc1. The van der Waals surface area contributed by atoms with Gasteiger partial charge in [-0.1, -0.05) is 24.6 Å². The molecule has 1 heterocycles. The first kappa shape index (κ1) is 32.8. The van der Waals surface area contributed by atoms with Crippen LogP contribution in [0.5, 0.6) is 11.5 Å². The molecule has 3 aromatic carbocycles. The van der Waals surface area contributed by atoms with E-state index < -0.39 is 28.2 Å². The number of aryl methyl sites for hydroxylation is 1. The number of methoxy groups -OCH3 is 1. The number of benzene rings is 3. The molecule has 0 radical (unpaired) electrons. The number of likely N-dealkylation sites (N-methyl/N-ethyl adjacent to an activating group) is 1. The zero-order valence-electron chi connectivity index (χ0n) is 25.6. The zero-order valence-corrected chi connectivity index (χ0v) is 26.4. The summed E-state index contributed by atoms with van der Waals surface area (Å²) in [6.45, 7) is 5.59. The smallest absolute Gasteiger partial charge is 0.323 e. The monoisotopic (exact) mass is 624 g/mol. The first-order valence-corrected chi connectivity index (χ1v) is 15.8. The number of carbonyl (C=O) groups is 2. The third-order valence-electron chi connectivity index (χ3n) is 7.69. The highest BCUT2D eigenvalue weighted by atomic mass is 32.2. The van der Waals surface area contributed by atoms with E-state index in [1.165, 1.54) is 11.4 Å². The van der Waals surface area contributed by atoms with Crippen molar-refractivity contribution in [2.75, 3.05) is 44.5 Å². The fourth-order valence-electron chi connectivity index (χ4n) is 4.93. The average molecular weight is 625 g/mol. The number of urea groups is 1. The van der Waals surface area contributed by atoms with Crippen LogP contribution in [-0.4, -0.2) is 80.7 Å².